The van der Waals surface area contributed by atoms with Crippen molar-refractivity contribution in [3.05, 3.63) is 166 Å². The fraction of sp³-hybridized carbons (Fsp3) is 0.340. The predicted octanol–water partition coefficient (Wildman–Crippen LogP) is 11.5. The number of esters is 2. The number of rotatable bonds is 10. The Balaban J connectivity index is 0.000000134. The van der Waals surface area contributed by atoms with Gasteiger partial charge in [0, 0.05) is 88.9 Å². The van der Waals surface area contributed by atoms with E-state index in [9.17, 15) is 18.8 Å². The van der Waals surface area contributed by atoms with Gasteiger partial charge in [-0.25, -0.2) is 9.18 Å². The lowest BCUT2D eigenvalue weighted by molar-refractivity contribution is -0.147. The summed E-state index contributed by atoms with van der Waals surface area (Å²) < 4.78 is 24.7. The second-order valence-corrected chi connectivity index (χ2v) is 20.3. The highest BCUT2D eigenvalue weighted by Gasteiger charge is 2.40. The van der Waals surface area contributed by atoms with E-state index in [2.05, 4.69) is 49.7 Å². The van der Waals surface area contributed by atoms with E-state index in [0.29, 0.717) is 28.7 Å². The minimum atomic E-state index is -0.547. The number of methoxy groups -OCH3 is 1. The van der Waals surface area contributed by atoms with Crippen molar-refractivity contribution in [2.75, 3.05) is 26.7 Å². The van der Waals surface area contributed by atoms with Crippen LogP contribution in [0.3, 0.4) is 0 Å². The largest absolute Gasteiger partial charge is 0.468 e. The van der Waals surface area contributed by atoms with Gasteiger partial charge in [-0.3, -0.25) is 24.3 Å². The summed E-state index contributed by atoms with van der Waals surface area (Å²) in [7, 11) is 1.42. The molecule has 0 saturated heterocycles. The SMILES string of the molecule is CC(=O)Oc1cc2c(s1)CCN(C(C(=O)C1CC1)c1ccccc1F)C2.COC(=O)C(c1ccccc1Cl)N1CCc2sccc2C1.Clc1ccccc1CN1CCc2sccc2C1. The first-order chi connectivity index (χ1) is 31.1. The number of nitrogens with zero attached hydrogens (tertiary/aromatic N) is 3. The van der Waals surface area contributed by atoms with Crippen LogP contribution >= 0.6 is 57.2 Å². The lowest BCUT2D eigenvalue weighted by Gasteiger charge is -2.34. The van der Waals surface area contributed by atoms with Gasteiger partial charge in [-0.15, -0.1) is 34.0 Å². The number of hydrogen-bond acceptors (Lipinski definition) is 11. The minimum absolute atomic E-state index is 0.0556. The first-order valence-electron chi connectivity index (χ1n) is 21.5. The van der Waals surface area contributed by atoms with Crippen LogP contribution in [-0.2, 0) is 64.6 Å². The number of carbonyl (C=O) groups excluding carboxylic acids is 3. The number of carbonyl (C=O) groups is 3. The maximum Gasteiger partial charge on any atom is 0.327 e. The van der Waals surface area contributed by atoms with E-state index < -0.39 is 12.1 Å². The molecule has 1 saturated carbocycles. The molecule has 2 unspecified atom stereocenters. The number of halogens is 3. The van der Waals surface area contributed by atoms with Crippen LogP contribution in [0.1, 0.15) is 79.9 Å². The van der Waals surface area contributed by atoms with Crippen LogP contribution in [0.2, 0.25) is 10.0 Å². The number of Topliss-reactive ketones (excluding diaryl/α,β-unsaturated/α-hetero) is 1. The molecule has 0 spiro atoms. The Morgan fingerprint density at radius 3 is 1.97 bits per heavy atom. The van der Waals surface area contributed by atoms with Crippen molar-refractivity contribution in [2.24, 2.45) is 5.92 Å². The second-order valence-electron chi connectivity index (χ2n) is 16.4. The van der Waals surface area contributed by atoms with Gasteiger partial charge in [-0.1, -0.05) is 77.8 Å². The third kappa shape index (κ3) is 11.2. The van der Waals surface area contributed by atoms with Crippen LogP contribution in [-0.4, -0.2) is 59.2 Å². The average molecular weight is 959 g/mol. The van der Waals surface area contributed by atoms with Crippen molar-refractivity contribution in [3.63, 3.8) is 0 Å². The third-order valence-corrected chi connectivity index (χ3v) is 15.9. The molecule has 64 heavy (non-hydrogen) atoms. The monoisotopic (exact) mass is 957 g/mol. The van der Waals surface area contributed by atoms with Gasteiger partial charge in [0.25, 0.3) is 0 Å². The predicted molar refractivity (Wildman–Crippen MR) is 255 cm³/mol. The first kappa shape index (κ1) is 46.3. The molecule has 1 aliphatic carbocycles. The quantitative estimate of drug-likeness (QED) is 0.126. The summed E-state index contributed by atoms with van der Waals surface area (Å²) in [6.07, 6.45) is 4.71. The fourth-order valence-corrected chi connectivity index (χ4v) is 11.9. The molecule has 10 rings (SSSR count). The van der Waals surface area contributed by atoms with Crippen molar-refractivity contribution in [1.82, 2.24) is 14.7 Å². The Labute approximate surface area is 396 Å². The number of benzene rings is 3. The highest BCUT2D eigenvalue weighted by molar-refractivity contribution is 7.14. The molecule has 6 aromatic rings. The summed E-state index contributed by atoms with van der Waals surface area (Å²) in [5.41, 5.74) is 6.35. The molecule has 4 aliphatic rings. The number of ketones is 1. The first-order valence-corrected chi connectivity index (χ1v) is 24.8. The lowest BCUT2D eigenvalue weighted by atomic mass is 9.95. The normalized spacial score (nSPS) is 17.0. The van der Waals surface area contributed by atoms with Gasteiger partial charge in [0.1, 0.15) is 11.9 Å². The van der Waals surface area contributed by atoms with Gasteiger partial charge in [0.05, 0.1) is 13.2 Å². The number of ether oxygens (including phenoxy) is 2. The van der Waals surface area contributed by atoms with Crippen LogP contribution in [0.4, 0.5) is 4.39 Å². The molecule has 1 fully saturated rings. The zero-order valence-corrected chi connectivity index (χ0v) is 39.7. The van der Waals surface area contributed by atoms with Crippen molar-refractivity contribution in [2.45, 2.75) is 77.3 Å². The Kier molecular flexibility index (Phi) is 15.5. The molecule has 2 atom stereocenters. The van der Waals surface area contributed by atoms with Gasteiger partial charge in [0.15, 0.2) is 10.8 Å². The maximum atomic E-state index is 14.4. The molecular weight excluding hydrogens is 909 g/mol. The smallest absolute Gasteiger partial charge is 0.327 e. The van der Waals surface area contributed by atoms with Crippen molar-refractivity contribution < 1.29 is 28.2 Å². The molecule has 8 nitrogen and oxygen atoms in total. The van der Waals surface area contributed by atoms with Gasteiger partial charge in [-0.05, 0) is 107 Å². The van der Waals surface area contributed by atoms with Crippen LogP contribution in [0.25, 0.3) is 0 Å². The molecule has 6 heterocycles. The van der Waals surface area contributed by atoms with E-state index in [-0.39, 0.29) is 29.5 Å². The maximum absolute atomic E-state index is 14.4. The van der Waals surface area contributed by atoms with Crippen molar-refractivity contribution >= 4 is 74.9 Å². The van der Waals surface area contributed by atoms with Gasteiger partial charge < -0.3 is 9.47 Å². The average Bonchev–Trinajstić information content (AvgIpc) is 3.64. The zero-order valence-electron chi connectivity index (χ0n) is 35.8. The summed E-state index contributed by atoms with van der Waals surface area (Å²) >= 11 is 17.6. The molecule has 334 valence electrons. The van der Waals surface area contributed by atoms with Crippen LogP contribution in [0.15, 0.2) is 102 Å². The molecule has 3 aromatic carbocycles. The molecular formula is C50H50Cl2FN3O5S3. The number of fused-ring (bicyclic) bond motifs is 3. The van der Waals surface area contributed by atoms with E-state index in [1.807, 2.05) is 53.8 Å². The van der Waals surface area contributed by atoms with Crippen LogP contribution in [0, 0.1) is 11.7 Å². The lowest BCUT2D eigenvalue weighted by Crippen LogP contribution is -2.38. The molecule has 3 aromatic heterocycles. The van der Waals surface area contributed by atoms with E-state index in [1.165, 1.54) is 64.3 Å². The number of hydrogen-bond donors (Lipinski definition) is 0. The van der Waals surface area contributed by atoms with Crippen molar-refractivity contribution in [1.29, 1.82) is 0 Å². The summed E-state index contributed by atoms with van der Waals surface area (Å²) in [6.45, 7) is 7.36. The molecule has 0 radical (unpaired) electrons. The van der Waals surface area contributed by atoms with E-state index in [0.717, 1.165) is 74.6 Å². The van der Waals surface area contributed by atoms with E-state index >= 15 is 0 Å². The van der Waals surface area contributed by atoms with Crippen molar-refractivity contribution in [3.8, 4) is 5.06 Å². The highest BCUT2D eigenvalue weighted by Crippen LogP contribution is 2.41. The summed E-state index contributed by atoms with van der Waals surface area (Å²) in [5.74, 6) is -0.757. The molecule has 0 amide bonds. The molecule has 3 aliphatic heterocycles. The standard InChI is InChI=1S/C20H20FNO3S.C16H16ClNO2S.C14H14ClNS/c1-12(23)25-18-10-14-11-22(9-8-17(14)26-18)19(20(24)13-6-7-13)15-4-2-3-5-16(15)21;1-20-16(19)15(12-4-2-3-5-13(12)17)18-8-6-14-11(10-18)7-9-21-14;15-13-4-2-1-3-11(13)9-16-7-5-14-12(10-16)6-8-17-14/h2-5,10,13,19H,6-9,11H2,1H3;2-5,7,9,15H,6,8,10H2,1H3;1-4,6,8H,5,7,9-10H2. The topological polar surface area (TPSA) is 79.4 Å². The van der Waals surface area contributed by atoms with Gasteiger partial charge in [0.2, 0.25) is 0 Å². The minimum Gasteiger partial charge on any atom is -0.468 e. The zero-order chi connectivity index (χ0) is 44.7. The second kappa shape index (κ2) is 21.4. The van der Waals surface area contributed by atoms with Crippen LogP contribution < -0.4 is 4.74 Å². The van der Waals surface area contributed by atoms with E-state index in [1.54, 1.807) is 34.4 Å². The number of thiophene rings is 3. The molecule has 0 bridgehead atoms. The third-order valence-electron chi connectivity index (χ3n) is 12.0. The van der Waals surface area contributed by atoms with Crippen LogP contribution in [0.5, 0.6) is 5.06 Å². The van der Waals surface area contributed by atoms with Gasteiger partial charge in [-0.2, -0.15) is 0 Å². The Hall–Kier alpha value is -4.24. The summed E-state index contributed by atoms with van der Waals surface area (Å²) in [5, 5.41) is 6.37. The fourth-order valence-electron chi connectivity index (χ4n) is 8.64. The molecule has 0 N–H and O–H groups in total. The van der Waals surface area contributed by atoms with E-state index in [4.69, 9.17) is 32.7 Å². The van der Waals surface area contributed by atoms with Gasteiger partial charge >= 0.3 is 11.9 Å². The summed E-state index contributed by atoms with van der Waals surface area (Å²) in [4.78, 5) is 47.2. The summed E-state index contributed by atoms with van der Waals surface area (Å²) in [6, 6.07) is 27.4. The molecule has 14 heteroatoms. The highest BCUT2D eigenvalue weighted by atomic mass is 35.5. The Morgan fingerprint density at radius 2 is 1.31 bits per heavy atom. The Bertz CT molecular complexity index is 2590. The Morgan fingerprint density at radius 1 is 0.719 bits per heavy atom.